The lowest BCUT2D eigenvalue weighted by Gasteiger charge is -2.32. The molecule has 1 N–H and O–H groups in total. The number of aliphatic hydroxyl groups excluding tert-OH is 1. The highest BCUT2D eigenvalue weighted by Crippen LogP contribution is 2.50. The van der Waals surface area contributed by atoms with Gasteiger partial charge in [-0.25, -0.2) is 0 Å². The fourth-order valence-electron chi connectivity index (χ4n) is 2.72. The summed E-state index contributed by atoms with van der Waals surface area (Å²) in [6.07, 6.45) is 1.36. The molecule has 1 aliphatic carbocycles. The van der Waals surface area contributed by atoms with E-state index in [-0.39, 0.29) is 0 Å². The van der Waals surface area contributed by atoms with Gasteiger partial charge in [0.25, 0.3) is 0 Å². The first-order chi connectivity index (χ1) is 8.18. The Morgan fingerprint density at radius 3 is 2.82 bits per heavy atom. The van der Waals surface area contributed by atoms with Crippen LogP contribution in [0.4, 0.5) is 0 Å². The zero-order chi connectivity index (χ0) is 12.0. The second-order valence-corrected chi connectivity index (χ2v) is 5.56. The van der Waals surface area contributed by atoms with Crippen LogP contribution in [-0.4, -0.2) is 18.3 Å². The van der Waals surface area contributed by atoms with Gasteiger partial charge in [0.2, 0.25) is 0 Å². The predicted octanol–water partition coefficient (Wildman–Crippen LogP) is 3.15. The van der Waals surface area contributed by atoms with Crippen molar-refractivity contribution in [1.82, 2.24) is 0 Å². The van der Waals surface area contributed by atoms with Crippen molar-refractivity contribution in [2.75, 3.05) is 13.2 Å². The first-order valence-electron chi connectivity index (χ1n) is 5.98. The quantitative estimate of drug-likeness (QED) is 0.800. The number of halogens is 1. The maximum absolute atomic E-state index is 10.2. The van der Waals surface area contributed by atoms with E-state index in [2.05, 4.69) is 22.9 Å². The highest BCUT2D eigenvalue weighted by atomic mass is 79.9. The molecule has 3 nitrogen and oxygen atoms in total. The molecule has 0 saturated carbocycles. The minimum Gasteiger partial charge on any atom is -0.486 e. The summed E-state index contributed by atoms with van der Waals surface area (Å²) in [7, 11) is 0. The lowest BCUT2D eigenvalue weighted by molar-refractivity contribution is 0.129. The summed E-state index contributed by atoms with van der Waals surface area (Å²) in [6, 6.07) is 1.96. The first-order valence-corrected chi connectivity index (χ1v) is 6.77. The zero-order valence-electron chi connectivity index (χ0n) is 9.70. The van der Waals surface area contributed by atoms with E-state index in [9.17, 15) is 5.11 Å². The van der Waals surface area contributed by atoms with Crippen molar-refractivity contribution in [3.05, 3.63) is 21.7 Å². The van der Waals surface area contributed by atoms with Crippen LogP contribution >= 0.6 is 15.9 Å². The van der Waals surface area contributed by atoms with Crippen LogP contribution in [0.15, 0.2) is 10.5 Å². The molecule has 0 bridgehead atoms. The Labute approximate surface area is 109 Å². The van der Waals surface area contributed by atoms with Crippen LogP contribution in [0, 0.1) is 0 Å². The van der Waals surface area contributed by atoms with E-state index in [1.54, 1.807) is 0 Å². The Hall–Kier alpha value is -0.740. The average molecular weight is 299 g/mol. The molecule has 0 saturated heterocycles. The molecule has 92 valence electrons. The fraction of sp³-hybridized carbons (Fsp3) is 0.538. The van der Waals surface area contributed by atoms with E-state index in [0.29, 0.717) is 19.1 Å². The molecule has 1 aromatic carbocycles. The molecule has 0 amide bonds. The zero-order valence-corrected chi connectivity index (χ0v) is 11.3. The number of hydrogen-bond acceptors (Lipinski definition) is 3. The molecule has 0 spiro atoms. The topological polar surface area (TPSA) is 38.7 Å². The number of rotatable bonds is 0. The maximum Gasteiger partial charge on any atom is 0.167 e. The molecular weight excluding hydrogens is 284 g/mol. The highest BCUT2D eigenvalue weighted by molar-refractivity contribution is 9.10. The SMILES string of the molecule is CC1CC[C@@H](O)c2c3c(cc(Br)c21)OCCO3. The molecule has 1 unspecified atom stereocenters. The van der Waals surface area contributed by atoms with Gasteiger partial charge in [0.1, 0.15) is 13.2 Å². The molecule has 0 aromatic heterocycles. The molecule has 0 fully saturated rings. The Morgan fingerprint density at radius 1 is 1.24 bits per heavy atom. The van der Waals surface area contributed by atoms with Gasteiger partial charge in [0.15, 0.2) is 11.5 Å². The maximum atomic E-state index is 10.2. The van der Waals surface area contributed by atoms with Gasteiger partial charge in [0.05, 0.1) is 6.10 Å². The smallest absolute Gasteiger partial charge is 0.167 e. The summed E-state index contributed by atoms with van der Waals surface area (Å²) in [4.78, 5) is 0. The number of aliphatic hydroxyl groups is 1. The van der Waals surface area contributed by atoms with E-state index in [1.807, 2.05) is 6.07 Å². The fourth-order valence-corrected chi connectivity index (χ4v) is 3.53. The summed E-state index contributed by atoms with van der Waals surface area (Å²) in [6.45, 7) is 3.32. The molecule has 17 heavy (non-hydrogen) atoms. The van der Waals surface area contributed by atoms with E-state index in [4.69, 9.17) is 9.47 Å². The number of hydrogen-bond donors (Lipinski definition) is 1. The van der Waals surface area contributed by atoms with Gasteiger partial charge in [-0.05, 0) is 30.4 Å². The summed E-state index contributed by atoms with van der Waals surface area (Å²) in [5.74, 6) is 1.93. The Balaban J connectivity index is 2.24. The van der Waals surface area contributed by atoms with E-state index >= 15 is 0 Å². The predicted molar refractivity (Wildman–Crippen MR) is 67.7 cm³/mol. The van der Waals surface area contributed by atoms with Crippen LogP contribution in [0.1, 0.15) is 42.9 Å². The molecule has 4 heteroatoms. The normalized spacial score (nSPS) is 26.5. The van der Waals surface area contributed by atoms with Gasteiger partial charge < -0.3 is 14.6 Å². The third-order valence-corrected chi connectivity index (χ3v) is 4.22. The molecule has 2 atom stereocenters. The van der Waals surface area contributed by atoms with Gasteiger partial charge in [-0.1, -0.05) is 22.9 Å². The van der Waals surface area contributed by atoms with Crippen molar-refractivity contribution < 1.29 is 14.6 Å². The van der Waals surface area contributed by atoms with Crippen LogP contribution in [0.25, 0.3) is 0 Å². The van der Waals surface area contributed by atoms with Crippen molar-refractivity contribution in [3.8, 4) is 11.5 Å². The monoisotopic (exact) mass is 298 g/mol. The molecule has 1 heterocycles. The van der Waals surface area contributed by atoms with Gasteiger partial charge in [-0.3, -0.25) is 0 Å². The lowest BCUT2D eigenvalue weighted by atomic mass is 9.81. The van der Waals surface area contributed by atoms with Crippen LogP contribution in [0.2, 0.25) is 0 Å². The van der Waals surface area contributed by atoms with Crippen LogP contribution < -0.4 is 9.47 Å². The molecule has 0 radical (unpaired) electrons. The number of ether oxygens (including phenoxy) is 2. The van der Waals surface area contributed by atoms with E-state index < -0.39 is 6.10 Å². The minimum absolute atomic E-state index is 0.436. The lowest BCUT2D eigenvalue weighted by Crippen LogP contribution is -2.21. The van der Waals surface area contributed by atoms with Crippen molar-refractivity contribution in [1.29, 1.82) is 0 Å². The standard InChI is InChI=1S/C13H15BrO3/c1-7-2-3-9(15)12-11(7)8(14)6-10-13(12)17-5-4-16-10/h6-7,9,15H,2-5H2,1H3/t7?,9-/m1/s1. The van der Waals surface area contributed by atoms with Crippen molar-refractivity contribution in [3.63, 3.8) is 0 Å². The summed E-state index contributed by atoms with van der Waals surface area (Å²) < 4.78 is 12.3. The van der Waals surface area contributed by atoms with Crippen LogP contribution in [-0.2, 0) is 0 Å². The number of benzene rings is 1. The summed E-state index contributed by atoms with van der Waals surface area (Å²) in [5.41, 5.74) is 2.10. The van der Waals surface area contributed by atoms with Gasteiger partial charge in [-0.2, -0.15) is 0 Å². The highest BCUT2D eigenvalue weighted by Gasteiger charge is 2.32. The van der Waals surface area contributed by atoms with Crippen molar-refractivity contribution in [2.24, 2.45) is 0 Å². The van der Waals surface area contributed by atoms with Gasteiger partial charge in [-0.15, -0.1) is 0 Å². The van der Waals surface area contributed by atoms with Crippen molar-refractivity contribution in [2.45, 2.75) is 31.8 Å². The van der Waals surface area contributed by atoms with E-state index in [0.717, 1.165) is 34.4 Å². The number of fused-ring (bicyclic) bond motifs is 3. The molecule has 3 rings (SSSR count). The molecule has 1 aromatic rings. The molecule has 2 aliphatic rings. The largest absolute Gasteiger partial charge is 0.486 e. The first kappa shape index (κ1) is 11.4. The Bertz CT molecular complexity index is 458. The van der Waals surface area contributed by atoms with Crippen molar-refractivity contribution >= 4 is 15.9 Å². The minimum atomic E-state index is -0.436. The summed E-state index contributed by atoms with van der Waals surface area (Å²) in [5, 5.41) is 10.2. The second kappa shape index (κ2) is 4.18. The van der Waals surface area contributed by atoms with E-state index in [1.165, 1.54) is 5.56 Å². The van der Waals surface area contributed by atoms with Gasteiger partial charge >= 0.3 is 0 Å². The summed E-state index contributed by atoms with van der Waals surface area (Å²) >= 11 is 3.58. The molecular formula is C13H15BrO3. The third kappa shape index (κ3) is 1.74. The van der Waals surface area contributed by atoms with Crippen LogP contribution in [0.3, 0.4) is 0 Å². The average Bonchev–Trinajstić information content (AvgIpc) is 2.33. The Kier molecular flexibility index (Phi) is 2.79. The van der Waals surface area contributed by atoms with Gasteiger partial charge in [0, 0.05) is 10.0 Å². The second-order valence-electron chi connectivity index (χ2n) is 4.70. The molecule has 1 aliphatic heterocycles. The Morgan fingerprint density at radius 2 is 2.00 bits per heavy atom. The van der Waals surface area contributed by atoms with Crippen LogP contribution in [0.5, 0.6) is 11.5 Å². The third-order valence-electron chi connectivity index (χ3n) is 3.56.